The van der Waals surface area contributed by atoms with Gasteiger partial charge in [-0.3, -0.25) is 9.59 Å². The maximum atomic E-state index is 12.9. The average molecular weight is 475 g/mol. The van der Waals surface area contributed by atoms with Crippen molar-refractivity contribution in [1.29, 1.82) is 0 Å². The number of benzene rings is 1. The summed E-state index contributed by atoms with van der Waals surface area (Å²) in [4.78, 5) is 28.8. The lowest BCUT2D eigenvalue weighted by Gasteiger charge is -2.32. The fraction of sp³-hybridized carbons (Fsp3) is 0.238. The van der Waals surface area contributed by atoms with Crippen LogP contribution in [0.25, 0.3) is 10.4 Å². The third kappa shape index (κ3) is 4.37. The van der Waals surface area contributed by atoms with Crippen molar-refractivity contribution < 1.29 is 9.59 Å². The maximum Gasteiger partial charge on any atom is 0.263 e. The van der Waals surface area contributed by atoms with E-state index in [0.29, 0.717) is 18.7 Å². The lowest BCUT2D eigenvalue weighted by molar-refractivity contribution is 0.0703. The molecule has 1 aromatic carbocycles. The normalized spacial score (nSPS) is 14.8. The summed E-state index contributed by atoms with van der Waals surface area (Å²) in [5, 5.41) is 6.84. The summed E-state index contributed by atoms with van der Waals surface area (Å²) < 4.78 is 1.04. The van der Waals surface area contributed by atoms with Gasteiger partial charge in [-0.05, 0) is 54.1 Å². The lowest BCUT2D eigenvalue weighted by atomic mass is 10.0. The predicted octanol–water partition coefficient (Wildman–Crippen LogP) is 5.27. The Morgan fingerprint density at radius 3 is 2.46 bits per heavy atom. The molecule has 1 saturated heterocycles. The van der Waals surface area contributed by atoms with Crippen LogP contribution in [-0.4, -0.2) is 35.8 Å². The Hall–Kier alpha value is -1.96. The van der Waals surface area contributed by atoms with Crippen LogP contribution in [0.15, 0.2) is 57.7 Å². The number of rotatable bonds is 4. The van der Waals surface area contributed by atoms with Gasteiger partial charge in [-0.15, -0.1) is 11.3 Å². The number of hydrogen-bond donors (Lipinski definition) is 1. The summed E-state index contributed by atoms with van der Waals surface area (Å²) in [6.45, 7) is 1.33. The highest BCUT2D eigenvalue weighted by Gasteiger charge is 2.25. The fourth-order valence-corrected chi connectivity index (χ4v) is 5.15. The minimum absolute atomic E-state index is 0.0246. The first-order chi connectivity index (χ1) is 13.6. The number of amides is 2. The monoisotopic (exact) mass is 474 g/mol. The summed E-state index contributed by atoms with van der Waals surface area (Å²) in [5.74, 6) is 0.0550. The van der Waals surface area contributed by atoms with E-state index in [1.54, 1.807) is 0 Å². The van der Waals surface area contributed by atoms with E-state index in [-0.39, 0.29) is 17.9 Å². The van der Waals surface area contributed by atoms with Crippen molar-refractivity contribution in [2.24, 2.45) is 0 Å². The summed E-state index contributed by atoms with van der Waals surface area (Å²) in [5.41, 5.74) is 1.82. The van der Waals surface area contributed by atoms with Gasteiger partial charge in [-0.25, -0.2) is 0 Å². The van der Waals surface area contributed by atoms with Crippen molar-refractivity contribution >= 4 is 50.4 Å². The summed E-state index contributed by atoms with van der Waals surface area (Å²) in [6.07, 6.45) is 1.57. The van der Waals surface area contributed by atoms with E-state index in [0.717, 1.165) is 32.6 Å². The minimum atomic E-state index is -0.0246. The van der Waals surface area contributed by atoms with E-state index in [2.05, 4.69) is 21.2 Å². The molecule has 0 bridgehead atoms. The quantitative estimate of drug-likeness (QED) is 0.559. The van der Waals surface area contributed by atoms with Crippen LogP contribution < -0.4 is 5.32 Å². The largest absolute Gasteiger partial charge is 0.349 e. The number of thiophene rings is 2. The Kier molecular flexibility index (Phi) is 5.94. The molecular weight excluding hydrogens is 456 g/mol. The van der Waals surface area contributed by atoms with Gasteiger partial charge in [0.25, 0.3) is 11.8 Å². The van der Waals surface area contributed by atoms with Crippen molar-refractivity contribution in [2.45, 2.75) is 18.9 Å². The average Bonchev–Trinajstić information content (AvgIpc) is 3.41. The van der Waals surface area contributed by atoms with Gasteiger partial charge in [0.1, 0.15) is 0 Å². The zero-order chi connectivity index (χ0) is 19.5. The molecule has 1 aliphatic heterocycles. The molecule has 2 amide bonds. The van der Waals surface area contributed by atoms with Gasteiger partial charge in [0.05, 0.1) is 4.88 Å². The highest BCUT2D eigenvalue weighted by Crippen LogP contribution is 2.30. The highest BCUT2D eigenvalue weighted by molar-refractivity contribution is 9.10. The molecule has 4 rings (SSSR count). The SMILES string of the molecule is O=C(NC1CCN(C(=O)c2ccc(-c3ccc(Br)cc3)s2)CC1)c1ccsc1. The number of carbonyl (C=O) groups excluding carboxylic acids is 2. The van der Waals surface area contributed by atoms with Crippen LogP contribution in [0.1, 0.15) is 32.9 Å². The Balaban J connectivity index is 1.34. The maximum absolute atomic E-state index is 12.9. The second kappa shape index (κ2) is 8.59. The van der Waals surface area contributed by atoms with Gasteiger partial charge in [0.15, 0.2) is 0 Å². The second-order valence-electron chi connectivity index (χ2n) is 6.72. The first-order valence-corrected chi connectivity index (χ1v) is 11.6. The van der Waals surface area contributed by atoms with E-state index in [1.165, 1.54) is 22.7 Å². The fourth-order valence-electron chi connectivity index (χ4n) is 3.27. The lowest BCUT2D eigenvalue weighted by Crippen LogP contribution is -2.46. The molecule has 3 heterocycles. The molecule has 1 N–H and O–H groups in total. The summed E-state index contributed by atoms with van der Waals surface area (Å²) in [7, 11) is 0. The van der Waals surface area contributed by atoms with E-state index in [1.807, 2.05) is 58.1 Å². The molecular formula is C21H19BrN2O2S2. The third-order valence-electron chi connectivity index (χ3n) is 4.85. The Morgan fingerprint density at radius 2 is 1.79 bits per heavy atom. The van der Waals surface area contributed by atoms with Crippen LogP contribution in [-0.2, 0) is 0 Å². The van der Waals surface area contributed by atoms with E-state index in [4.69, 9.17) is 0 Å². The number of carbonyl (C=O) groups is 2. The van der Waals surface area contributed by atoms with Crippen molar-refractivity contribution in [1.82, 2.24) is 10.2 Å². The molecule has 0 atom stereocenters. The topological polar surface area (TPSA) is 49.4 Å². The number of halogens is 1. The van der Waals surface area contributed by atoms with E-state index in [9.17, 15) is 9.59 Å². The third-order valence-corrected chi connectivity index (χ3v) is 7.18. The van der Waals surface area contributed by atoms with Crippen LogP contribution in [0.4, 0.5) is 0 Å². The molecule has 2 aromatic heterocycles. The van der Waals surface area contributed by atoms with Gasteiger partial charge in [-0.2, -0.15) is 11.3 Å². The molecule has 3 aromatic rings. The van der Waals surface area contributed by atoms with E-state index >= 15 is 0 Å². The van der Waals surface area contributed by atoms with Crippen LogP contribution in [0.5, 0.6) is 0 Å². The van der Waals surface area contributed by atoms with Crippen molar-refractivity contribution in [3.63, 3.8) is 0 Å². The summed E-state index contributed by atoms with van der Waals surface area (Å²) in [6, 6.07) is 14.0. The van der Waals surface area contributed by atoms with E-state index < -0.39 is 0 Å². The smallest absolute Gasteiger partial charge is 0.263 e. The second-order valence-corrected chi connectivity index (χ2v) is 9.50. The zero-order valence-corrected chi connectivity index (χ0v) is 18.3. The molecule has 0 radical (unpaired) electrons. The predicted molar refractivity (Wildman–Crippen MR) is 118 cm³/mol. The molecule has 0 aliphatic carbocycles. The van der Waals surface area contributed by atoms with Crippen molar-refractivity contribution in [3.05, 3.63) is 68.1 Å². The highest BCUT2D eigenvalue weighted by atomic mass is 79.9. The molecule has 1 aliphatic rings. The Bertz CT molecular complexity index is 959. The number of hydrogen-bond acceptors (Lipinski definition) is 4. The first kappa shape index (κ1) is 19.4. The minimum Gasteiger partial charge on any atom is -0.349 e. The molecule has 0 saturated carbocycles. The molecule has 1 fully saturated rings. The molecule has 0 spiro atoms. The Labute approximate surface area is 180 Å². The number of nitrogens with one attached hydrogen (secondary N) is 1. The molecule has 144 valence electrons. The van der Waals surface area contributed by atoms with Gasteiger partial charge in [0.2, 0.25) is 0 Å². The molecule has 28 heavy (non-hydrogen) atoms. The molecule has 7 heteroatoms. The number of likely N-dealkylation sites (tertiary alicyclic amines) is 1. The van der Waals surface area contributed by atoms with Gasteiger partial charge in [-0.1, -0.05) is 28.1 Å². The van der Waals surface area contributed by atoms with Gasteiger partial charge >= 0.3 is 0 Å². The number of nitrogens with zero attached hydrogens (tertiary/aromatic N) is 1. The van der Waals surface area contributed by atoms with Crippen LogP contribution in [0.2, 0.25) is 0 Å². The van der Waals surface area contributed by atoms with Gasteiger partial charge < -0.3 is 10.2 Å². The van der Waals surface area contributed by atoms with Crippen LogP contribution >= 0.6 is 38.6 Å². The molecule has 0 unspecified atom stereocenters. The molecule has 4 nitrogen and oxygen atoms in total. The van der Waals surface area contributed by atoms with Gasteiger partial charge in [0, 0.05) is 39.4 Å². The van der Waals surface area contributed by atoms with Crippen LogP contribution in [0.3, 0.4) is 0 Å². The first-order valence-electron chi connectivity index (χ1n) is 9.08. The summed E-state index contributed by atoms with van der Waals surface area (Å²) >= 11 is 6.49. The zero-order valence-electron chi connectivity index (χ0n) is 15.1. The Morgan fingerprint density at radius 1 is 1.04 bits per heavy atom. The van der Waals surface area contributed by atoms with Crippen molar-refractivity contribution in [2.75, 3.05) is 13.1 Å². The standard InChI is InChI=1S/C21H19BrN2O2S2/c22-16-3-1-14(2-4-16)18-5-6-19(28-18)21(26)24-10-7-17(8-11-24)23-20(25)15-9-12-27-13-15/h1-6,9,12-13,17H,7-8,10-11H2,(H,23,25). The van der Waals surface area contributed by atoms with Crippen LogP contribution in [0, 0.1) is 0 Å². The number of piperidine rings is 1. The van der Waals surface area contributed by atoms with Crippen molar-refractivity contribution in [3.8, 4) is 10.4 Å².